The number of carbonyl (C=O) groups is 1. The van der Waals surface area contributed by atoms with E-state index in [0.717, 1.165) is 11.3 Å². The molecule has 0 aliphatic heterocycles. The van der Waals surface area contributed by atoms with E-state index in [2.05, 4.69) is 0 Å². The third kappa shape index (κ3) is 5.66. The number of para-hydroxylation sites is 2. The Hall–Kier alpha value is -3.92. The van der Waals surface area contributed by atoms with Crippen LogP contribution in [0.2, 0.25) is 0 Å². The number of nitrogens with zero attached hydrogens (tertiary/aromatic N) is 3. The number of hydrogen-bond donors (Lipinski definition) is 0. The zero-order valence-electron chi connectivity index (χ0n) is 23.1. The highest BCUT2D eigenvalue weighted by atomic mass is 32.2. The van der Waals surface area contributed by atoms with Crippen molar-refractivity contribution in [2.24, 2.45) is 0 Å². The fourth-order valence-electron chi connectivity index (χ4n) is 4.80. The van der Waals surface area contributed by atoms with E-state index in [1.165, 1.54) is 16.1 Å². The van der Waals surface area contributed by atoms with Gasteiger partial charge in [0, 0.05) is 18.7 Å². The number of Topliss-reactive ketones (excluding diaryl/α,β-unsaturated/α-hetero) is 1. The van der Waals surface area contributed by atoms with Gasteiger partial charge in [-0.15, -0.1) is 0 Å². The van der Waals surface area contributed by atoms with E-state index in [-0.39, 0.29) is 10.7 Å². The second-order valence-electron chi connectivity index (χ2n) is 9.28. The first-order chi connectivity index (χ1) is 19.9. The average molecular weight is 586 g/mol. The molecular formula is C32H31N3O4S2. The molecule has 0 aliphatic carbocycles. The zero-order chi connectivity index (χ0) is 29.0. The maximum Gasteiger partial charge on any atom is 0.243 e. The molecule has 0 amide bonds. The minimum absolute atomic E-state index is 0.0507. The number of thioether (sulfide) groups is 1. The predicted molar refractivity (Wildman–Crippen MR) is 164 cm³/mol. The number of methoxy groups -OCH3 is 1. The molecule has 1 aromatic heterocycles. The third-order valence-corrected chi connectivity index (χ3v) is 10.1. The van der Waals surface area contributed by atoms with Crippen LogP contribution in [0.5, 0.6) is 5.75 Å². The lowest BCUT2D eigenvalue weighted by atomic mass is 10.0. The van der Waals surface area contributed by atoms with Crippen LogP contribution in [-0.2, 0) is 10.0 Å². The van der Waals surface area contributed by atoms with E-state index < -0.39 is 15.3 Å². The van der Waals surface area contributed by atoms with Crippen molar-refractivity contribution in [3.8, 4) is 11.4 Å². The summed E-state index contributed by atoms with van der Waals surface area (Å²) in [6.45, 7) is 4.37. The number of ketones is 1. The second kappa shape index (κ2) is 12.3. The molecule has 0 aliphatic rings. The van der Waals surface area contributed by atoms with Gasteiger partial charge in [-0.2, -0.15) is 4.31 Å². The summed E-state index contributed by atoms with van der Waals surface area (Å²) >= 11 is 1.33. The van der Waals surface area contributed by atoms with E-state index in [1.807, 2.05) is 103 Å². The summed E-state index contributed by atoms with van der Waals surface area (Å²) in [5.74, 6) is 0.573. The summed E-state index contributed by atoms with van der Waals surface area (Å²) in [5.41, 5.74) is 3.38. The first kappa shape index (κ1) is 28.6. The Morgan fingerprint density at radius 1 is 0.902 bits per heavy atom. The molecule has 9 heteroatoms. The van der Waals surface area contributed by atoms with Crippen molar-refractivity contribution in [1.82, 2.24) is 13.9 Å². The van der Waals surface area contributed by atoms with Crippen LogP contribution in [0, 0.1) is 0 Å². The molecule has 7 nitrogen and oxygen atoms in total. The van der Waals surface area contributed by atoms with Gasteiger partial charge in [0.05, 0.1) is 28.7 Å². The molecule has 4 aromatic carbocycles. The van der Waals surface area contributed by atoms with Gasteiger partial charge in [0.1, 0.15) is 11.0 Å². The van der Waals surface area contributed by atoms with E-state index in [9.17, 15) is 13.2 Å². The third-order valence-electron chi connectivity index (χ3n) is 6.89. The quantitative estimate of drug-likeness (QED) is 0.126. The van der Waals surface area contributed by atoms with E-state index in [1.54, 1.807) is 25.3 Å². The Labute approximate surface area is 244 Å². The van der Waals surface area contributed by atoms with Crippen molar-refractivity contribution in [1.29, 1.82) is 0 Å². The van der Waals surface area contributed by atoms with E-state index in [0.29, 0.717) is 40.6 Å². The number of aromatic nitrogens is 2. The topological polar surface area (TPSA) is 81.5 Å². The smallest absolute Gasteiger partial charge is 0.243 e. The molecule has 0 spiro atoms. The Morgan fingerprint density at radius 2 is 1.54 bits per heavy atom. The number of ether oxygens (including phenoxy) is 1. The average Bonchev–Trinajstić information content (AvgIpc) is 3.38. The first-order valence-electron chi connectivity index (χ1n) is 13.4. The molecule has 0 fully saturated rings. The molecule has 1 unspecified atom stereocenters. The molecule has 0 radical (unpaired) electrons. The maximum atomic E-state index is 13.9. The van der Waals surface area contributed by atoms with Gasteiger partial charge >= 0.3 is 0 Å². The normalized spacial score (nSPS) is 12.5. The van der Waals surface area contributed by atoms with E-state index in [4.69, 9.17) is 9.72 Å². The minimum Gasteiger partial charge on any atom is -0.495 e. The molecular weight excluding hydrogens is 555 g/mol. The lowest BCUT2D eigenvalue weighted by Crippen LogP contribution is -2.30. The van der Waals surface area contributed by atoms with Crippen LogP contribution < -0.4 is 4.74 Å². The monoisotopic (exact) mass is 585 g/mol. The van der Waals surface area contributed by atoms with Gasteiger partial charge in [0.15, 0.2) is 10.9 Å². The highest BCUT2D eigenvalue weighted by Gasteiger charge is 2.28. The SMILES string of the molecule is CCN(CC)S(=O)(=O)c1ccc2c(c1)nc(SC(C(=O)c1ccccc1)c1ccccc1)n2-c1ccccc1OC. The van der Waals surface area contributed by atoms with Gasteiger partial charge < -0.3 is 4.74 Å². The molecule has 0 saturated heterocycles. The van der Waals surface area contributed by atoms with Gasteiger partial charge in [-0.1, -0.05) is 98.4 Å². The lowest BCUT2D eigenvalue weighted by molar-refractivity contribution is 0.0989. The maximum absolute atomic E-state index is 13.9. The number of benzene rings is 4. The van der Waals surface area contributed by atoms with Crippen LogP contribution in [0.15, 0.2) is 113 Å². The molecule has 5 aromatic rings. The largest absolute Gasteiger partial charge is 0.495 e. The number of imidazole rings is 1. The Morgan fingerprint density at radius 3 is 2.20 bits per heavy atom. The van der Waals surface area contributed by atoms with Gasteiger partial charge in [-0.25, -0.2) is 13.4 Å². The summed E-state index contributed by atoms with van der Waals surface area (Å²) in [6.07, 6.45) is 0. The lowest BCUT2D eigenvalue weighted by Gasteiger charge is -2.19. The summed E-state index contributed by atoms with van der Waals surface area (Å²) in [6, 6.07) is 31.4. The van der Waals surface area contributed by atoms with Gasteiger partial charge in [-0.3, -0.25) is 9.36 Å². The van der Waals surface area contributed by atoms with Crippen molar-refractivity contribution in [2.45, 2.75) is 29.1 Å². The summed E-state index contributed by atoms with van der Waals surface area (Å²) in [4.78, 5) is 19.0. The zero-order valence-corrected chi connectivity index (χ0v) is 24.7. The number of sulfonamides is 1. The fourth-order valence-corrected chi connectivity index (χ4v) is 7.48. The van der Waals surface area contributed by atoms with Gasteiger partial charge in [-0.05, 0) is 35.9 Å². The van der Waals surface area contributed by atoms with Crippen molar-refractivity contribution >= 4 is 38.6 Å². The molecule has 41 heavy (non-hydrogen) atoms. The fraction of sp³-hybridized carbons (Fsp3) is 0.188. The number of carbonyl (C=O) groups excluding carboxylic acids is 1. The summed E-state index contributed by atoms with van der Waals surface area (Å²) in [7, 11) is -2.09. The van der Waals surface area contributed by atoms with Crippen molar-refractivity contribution in [2.75, 3.05) is 20.2 Å². The van der Waals surface area contributed by atoms with Crippen LogP contribution in [0.1, 0.15) is 35.0 Å². The van der Waals surface area contributed by atoms with Gasteiger partial charge in [0.2, 0.25) is 10.0 Å². The molecule has 0 saturated carbocycles. The van der Waals surface area contributed by atoms with E-state index >= 15 is 0 Å². The van der Waals surface area contributed by atoms with Crippen LogP contribution in [0.3, 0.4) is 0 Å². The van der Waals surface area contributed by atoms with Crippen LogP contribution >= 0.6 is 11.8 Å². The predicted octanol–water partition coefficient (Wildman–Crippen LogP) is 6.78. The number of hydrogen-bond acceptors (Lipinski definition) is 6. The molecule has 0 N–H and O–H groups in total. The molecule has 210 valence electrons. The van der Waals surface area contributed by atoms with Crippen LogP contribution in [-0.4, -0.2) is 48.3 Å². The first-order valence-corrected chi connectivity index (χ1v) is 15.7. The molecule has 0 bridgehead atoms. The Bertz CT molecular complexity index is 1770. The Kier molecular flexibility index (Phi) is 8.58. The standard InChI is InChI=1S/C32H31N3O4S2/c1-4-34(5-2)41(37,38)25-20-21-27-26(22-25)33-32(35(27)28-18-12-13-19-29(28)39-3)40-31(24-16-10-7-11-17-24)30(36)23-14-8-6-9-15-23/h6-22,31H,4-5H2,1-3H3. The molecule has 1 atom stereocenters. The van der Waals surface area contributed by atoms with Crippen molar-refractivity contribution < 1.29 is 17.9 Å². The highest BCUT2D eigenvalue weighted by molar-refractivity contribution is 8.00. The van der Waals surface area contributed by atoms with Gasteiger partial charge in [0.25, 0.3) is 0 Å². The summed E-state index contributed by atoms with van der Waals surface area (Å²) in [5, 5.41) is -0.0530. The highest BCUT2D eigenvalue weighted by Crippen LogP contribution is 2.41. The molecule has 5 rings (SSSR count). The Balaban J connectivity index is 1.71. The minimum atomic E-state index is -3.69. The van der Waals surface area contributed by atoms with Crippen molar-refractivity contribution in [3.63, 3.8) is 0 Å². The molecule has 1 heterocycles. The second-order valence-corrected chi connectivity index (χ2v) is 12.3. The van der Waals surface area contributed by atoms with Crippen molar-refractivity contribution in [3.05, 3.63) is 114 Å². The number of rotatable bonds is 11. The van der Waals surface area contributed by atoms with Crippen LogP contribution in [0.25, 0.3) is 16.7 Å². The summed E-state index contributed by atoms with van der Waals surface area (Å²) < 4.78 is 35.7. The number of fused-ring (bicyclic) bond motifs is 1. The van der Waals surface area contributed by atoms with Crippen LogP contribution in [0.4, 0.5) is 0 Å².